The molecule has 1 aromatic carbocycles. The molecule has 2 aliphatic heterocycles. The summed E-state index contributed by atoms with van der Waals surface area (Å²) in [5.74, 6) is -1.33. The van der Waals surface area contributed by atoms with Crippen molar-refractivity contribution < 1.29 is 23.9 Å². The fraction of sp³-hybridized carbons (Fsp3) is 0.350. The molecule has 2 atom stereocenters. The highest BCUT2D eigenvalue weighted by Crippen LogP contribution is 2.55. The summed E-state index contributed by atoms with van der Waals surface area (Å²) in [4.78, 5) is 39.4. The first-order chi connectivity index (χ1) is 13.3. The number of halogens is 1. The van der Waals surface area contributed by atoms with Crippen LogP contribution < -0.4 is 11.1 Å². The molecule has 1 aliphatic carbocycles. The predicted octanol–water partition coefficient (Wildman–Crippen LogP) is 2.66. The summed E-state index contributed by atoms with van der Waals surface area (Å²) in [6.07, 6.45) is 0.715. The van der Waals surface area contributed by atoms with Crippen molar-refractivity contribution in [2.75, 3.05) is 11.9 Å². The smallest absolute Gasteiger partial charge is 0.341 e. The van der Waals surface area contributed by atoms with Gasteiger partial charge in [-0.15, -0.1) is 0 Å². The van der Waals surface area contributed by atoms with E-state index in [0.29, 0.717) is 27.9 Å². The molecule has 0 aromatic heterocycles. The van der Waals surface area contributed by atoms with Crippen molar-refractivity contribution in [3.05, 3.63) is 51.0 Å². The minimum Gasteiger partial charge on any atom is -0.462 e. The third-order valence-corrected chi connectivity index (χ3v) is 5.80. The number of benzene rings is 1. The van der Waals surface area contributed by atoms with Gasteiger partial charge in [-0.05, 0) is 31.0 Å². The van der Waals surface area contributed by atoms with Crippen LogP contribution in [0.4, 0.5) is 5.69 Å². The molecule has 1 spiro atoms. The molecule has 0 radical (unpaired) electrons. The fourth-order valence-corrected chi connectivity index (χ4v) is 4.66. The van der Waals surface area contributed by atoms with Gasteiger partial charge < -0.3 is 20.5 Å². The molecule has 1 aromatic rings. The van der Waals surface area contributed by atoms with Crippen molar-refractivity contribution in [3.8, 4) is 0 Å². The molecule has 0 saturated heterocycles. The van der Waals surface area contributed by atoms with E-state index in [1.807, 2.05) is 6.92 Å². The van der Waals surface area contributed by atoms with Gasteiger partial charge in [0.1, 0.15) is 16.7 Å². The maximum atomic E-state index is 13.4. The lowest BCUT2D eigenvalue weighted by Crippen LogP contribution is -2.49. The molecule has 146 valence electrons. The van der Waals surface area contributed by atoms with E-state index in [0.717, 1.165) is 0 Å². The van der Waals surface area contributed by atoms with E-state index >= 15 is 0 Å². The molecule has 0 saturated carbocycles. The van der Waals surface area contributed by atoms with E-state index in [4.69, 9.17) is 15.2 Å². The number of nitrogens with two attached hydrogens (primary N) is 1. The van der Waals surface area contributed by atoms with Crippen LogP contribution in [0.2, 0.25) is 0 Å². The number of ketones is 1. The van der Waals surface area contributed by atoms with Crippen molar-refractivity contribution in [1.82, 2.24) is 0 Å². The largest absolute Gasteiger partial charge is 0.462 e. The lowest BCUT2D eigenvalue weighted by atomic mass is 9.64. The molecule has 8 heteroatoms. The standard InChI is InChI=1S/C20H19BrN2O5/c1-3-27-18(25)16-17(22)28-14-7-9(2)6-13(24)15(14)20(16)11-8-10(21)4-5-12(11)23-19(20)26/h4-5,8-9H,3,6-7,22H2,1-2H3,(H,23,26)/t9-,20+/m1/s1. The number of hydrogen-bond donors (Lipinski definition) is 2. The number of carbonyl (C=O) groups excluding carboxylic acids is 3. The maximum Gasteiger partial charge on any atom is 0.341 e. The fourth-order valence-electron chi connectivity index (χ4n) is 4.30. The highest BCUT2D eigenvalue weighted by atomic mass is 79.9. The third kappa shape index (κ3) is 2.44. The number of carbonyl (C=O) groups is 3. The SMILES string of the molecule is CCOC(=O)C1=C(N)OC2=C(C(=O)C[C@@H](C)C2)[C@]12C(=O)Nc1ccc(Br)cc12. The number of rotatable bonds is 2. The van der Waals surface area contributed by atoms with Gasteiger partial charge in [0.15, 0.2) is 5.78 Å². The van der Waals surface area contributed by atoms with Crippen LogP contribution in [-0.4, -0.2) is 24.3 Å². The second-order valence-corrected chi connectivity index (χ2v) is 8.11. The van der Waals surface area contributed by atoms with Gasteiger partial charge in [-0.25, -0.2) is 4.79 Å². The van der Waals surface area contributed by atoms with Gasteiger partial charge in [-0.2, -0.15) is 0 Å². The molecule has 4 rings (SSSR count). The van der Waals surface area contributed by atoms with E-state index < -0.39 is 17.3 Å². The Bertz CT molecular complexity index is 996. The van der Waals surface area contributed by atoms with E-state index in [9.17, 15) is 14.4 Å². The van der Waals surface area contributed by atoms with E-state index in [-0.39, 0.29) is 41.8 Å². The zero-order chi connectivity index (χ0) is 20.2. The summed E-state index contributed by atoms with van der Waals surface area (Å²) < 4.78 is 11.6. The quantitative estimate of drug-likeness (QED) is 0.676. The zero-order valence-electron chi connectivity index (χ0n) is 15.4. The number of esters is 1. The first-order valence-corrected chi connectivity index (χ1v) is 9.83. The monoisotopic (exact) mass is 446 g/mol. The first kappa shape index (κ1) is 18.7. The van der Waals surface area contributed by atoms with Crippen molar-refractivity contribution in [2.24, 2.45) is 11.7 Å². The molecule has 28 heavy (non-hydrogen) atoms. The molecular weight excluding hydrogens is 428 g/mol. The highest BCUT2D eigenvalue weighted by molar-refractivity contribution is 9.10. The number of hydrogen-bond acceptors (Lipinski definition) is 6. The van der Waals surface area contributed by atoms with Crippen molar-refractivity contribution in [2.45, 2.75) is 32.1 Å². The Labute approximate surface area is 170 Å². The number of Topliss-reactive ketones (excluding diaryl/α,β-unsaturated/α-hetero) is 1. The molecule has 0 unspecified atom stereocenters. The number of fused-ring (bicyclic) bond motifs is 3. The Hall–Kier alpha value is -2.61. The number of anilines is 1. The summed E-state index contributed by atoms with van der Waals surface area (Å²) in [5, 5.41) is 2.80. The Balaban J connectivity index is 2.08. The Kier molecular flexibility index (Phi) is 4.33. The van der Waals surface area contributed by atoms with E-state index in [1.54, 1.807) is 25.1 Å². The second kappa shape index (κ2) is 6.48. The average molecular weight is 447 g/mol. The van der Waals surface area contributed by atoms with Gasteiger partial charge in [-0.1, -0.05) is 22.9 Å². The van der Waals surface area contributed by atoms with Crippen molar-refractivity contribution in [1.29, 1.82) is 0 Å². The van der Waals surface area contributed by atoms with Gasteiger partial charge in [0.05, 0.1) is 12.2 Å². The molecule has 0 bridgehead atoms. The summed E-state index contributed by atoms with van der Waals surface area (Å²) in [5.41, 5.74) is 5.49. The van der Waals surface area contributed by atoms with E-state index in [2.05, 4.69) is 21.2 Å². The molecule has 3 aliphatic rings. The lowest BCUT2D eigenvalue weighted by molar-refractivity contribution is -0.141. The van der Waals surface area contributed by atoms with Crippen LogP contribution in [-0.2, 0) is 29.3 Å². The van der Waals surface area contributed by atoms with Crippen molar-refractivity contribution in [3.63, 3.8) is 0 Å². The molecule has 3 N–H and O–H groups in total. The number of amides is 1. The van der Waals surface area contributed by atoms with Crippen LogP contribution >= 0.6 is 15.9 Å². The molecule has 0 fully saturated rings. The van der Waals surface area contributed by atoms with E-state index in [1.165, 1.54) is 0 Å². The Morgan fingerprint density at radius 3 is 2.86 bits per heavy atom. The predicted molar refractivity (Wildman–Crippen MR) is 104 cm³/mol. The van der Waals surface area contributed by atoms with Gasteiger partial charge in [0, 0.05) is 28.6 Å². The highest BCUT2D eigenvalue weighted by Gasteiger charge is 2.62. The Morgan fingerprint density at radius 1 is 1.39 bits per heavy atom. The van der Waals surface area contributed by atoms with Gasteiger partial charge in [0.25, 0.3) is 0 Å². The maximum absolute atomic E-state index is 13.4. The van der Waals surface area contributed by atoms with Gasteiger partial charge in [-0.3, -0.25) is 9.59 Å². The molecule has 7 nitrogen and oxygen atoms in total. The molecule has 1 amide bonds. The topological polar surface area (TPSA) is 108 Å². The third-order valence-electron chi connectivity index (χ3n) is 5.31. The second-order valence-electron chi connectivity index (χ2n) is 7.19. The van der Waals surface area contributed by atoms with Crippen LogP contribution in [0.3, 0.4) is 0 Å². The van der Waals surface area contributed by atoms with Crippen LogP contribution in [0.15, 0.2) is 45.5 Å². The summed E-state index contributed by atoms with van der Waals surface area (Å²) >= 11 is 3.42. The minimum absolute atomic E-state index is 0.0479. The van der Waals surface area contributed by atoms with Crippen LogP contribution in [0.5, 0.6) is 0 Å². The summed E-state index contributed by atoms with van der Waals surface area (Å²) in [6, 6.07) is 5.21. The Morgan fingerprint density at radius 2 is 2.14 bits per heavy atom. The number of ether oxygens (including phenoxy) is 2. The zero-order valence-corrected chi connectivity index (χ0v) is 17.0. The van der Waals surface area contributed by atoms with Crippen molar-refractivity contribution >= 4 is 39.3 Å². The average Bonchev–Trinajstić information content (AvgIpc) is 2.87. The van der Waals surface area contributed by atoms with Gasteiger partial charge in [0.2, 0.25) is 11.8 Å². The lowest BCUT2D eigenvalue weighted by Gasteiger charge is -2.39. The van der Waals surface area contributed by atoms with Crippen LogP contribution in [0.1, 0.15) is 32.3 Å². The van der Waals surface area contributed by atoms with Crippen LogP contribution in [0, 0.1) is 5.92 Å². The normalized spacial score (nSPS) is 26.0. The number of allylic oxidation sites excluding steroid dienone is 1. The summed E-state index contributed by atoms with van der Waals surface area (Å²) in [7, 11) is 0. The number of nitrogens with one attached hydrogen (secondary N) is 1. The minimum atomic E-state index is -1.68. The molecule has 2 heterocycles. The van der Waals surface area contributed by atoms with Gasteiger partial charge >= 0.3 is 5.97 Å². The summed E-state index contributed by atoms with van der Waals surface area (Å²) in [6.45, 7) is 3.68. The molecular formula is C20H19BrN2O5. The first-order valence-electron chi connectivity index (χ1n) is 9.04. The van der Waals surface area contributed by atoms with Crippen LogP contribution in [0.25, 0.3) is 0 Å².